The van der Waals surface area contributed by atoms with Gasteiger partial charge >= 0.3 is 0 Å². The molecule has 162 valence electrons. The Morgan fingerprint density at radius 2 is 1.83 bits per heavy atom. The molecule has 6 nitrogen and oxygen atoms in total. The molecule has 0 aromatic heterocycles. The number of hydrogen-bond donors (Lipinski definition) is 3. The first-order valence-electron chi connectivity index (χ1n) is 10.7. The fourth-order valence-electron chi connectivity index (χ4n) is 3.35. The predicted octanol–water partition coefficient (Wildman–Crippen LogP) is 3.46. The van der Waals surface area contributed by atoms with Gasteiger partial charge in [0, 0.05) is 19.1 Å². The Labute approximate surface area is 176 Å². The van der Waals surface area contributed by atoms with Crippen LogP contribution < -0.4 is 15.4 Å². The van der Waals surface area contributed by atoms with Gasteiger partial charge < -0.3 is 10.6 Å². The van der Waals surface area contributed by atoms with E-state index < -0.39 is 10.0 Å². The second-order valence-corrected chi connectivity index (χ2v) is 9.58. The summed E-state index contributed by atoms with van der Waals surface area (Å²) in [5, 5.41) is 6.69. The molecule has 0 amide bonds. The second-order valence-electron chi connectivity index (χ2n) is 7.83. The van der Waals surface area contributed by atoms with Crippen LogP contribution in [0.2, 0.25) is 0 Å². The minimum absolute atomic E-state index is 0.00518. The SMILES string of the molecule is CCNC(=NCc1ccc(CS(=O)(=O)NC(C)C)cc1)NCCC1=CCCCC1. The van der Waals surface area contributed by atoms with E-state index in [9.17, 15) is 8.42 Å². The van der Waals surface area contributed by atoms with Gasteiger partial charge in [-0.3, -0.25) is 0 Å². The van der Waals surface area contributed by atoms with Gasteiger partial charge in [-0.15, -0.1) is 0 Å². The zero-order chi connectivity index (χ0) is 21.1. The van der Waals surface area contributed by atoms with Crippen molar-refractivity contribution in [2.75, 3.05) is 13.1 Å². The highest BCUT2D eigenvalue weighted by molar-refractivity contribution is 7.88. The maximum Gasteiger partial charge on any atom is 0.216 e. The predicted molar refractivity (Wildman–Crippen MR) is 121 cm³/mol. The van der Waals surface area contributed by atoms with E-state index in [1.165, 1.54) is 25.7 Å². The number of hydrogen-bond acceptors (Lipinski definition) is 3. The smallest absolute Gasteiger partial charge is 0.216 e. The van der Waals surface area contributed by atoms with Crippen LogP contribution in [0.4, 0.5) is 0 Å². The summed E-state index contributed by atoms with van der Waals surface area (Å²) in [4.78, 5) is 4.65. The van der Waals surface area contributed by atoms with Gasteiger partial charge in [0.2, 0.25) is 10.0 Å². The van der Waals surface area contributed by atoms with Gasteiger partial charge in [0.15, 0.2) is 5.96 Å². The molecule has 3 N–H and O–H groups in total. The molecular weight excluding hydrogens is 384 g/mol. The molecule has 0 heterocycles. The highest BCUT2D eigenvalue weighted by Gasteiger charge is 2.12. The number of nitrogens with one attached hydrogen (secondary N) is 3. The lowest BCUT2D eigenvalue weighted by molar-refractivity contribution is 0.569. The summed E-state index contributed by atoms with van der Waals surface area (Å²) in [7, 11) is -3.30. The molecular formula is C22H36N4O2S. The van der Waals surface area contributed by atoms with Gasteiger partial charge in [0.05, 0.1) is 12.3 Å². The lowest BCUT2D eigenvalue weighted by atomic mass is 9.97. The first-order valence-corrected chi connectivity index (χ1v) is 12.3. The molecule has 29 heavy (non-hydrogen) atoms. The Balaban J connectivity index is 1.87. The van der Waals surface area contributed by atoms with Crippen LogP contribution >= 0.6 is 0 Å². The van der Waals surface area contributed by atoms with E-state index in [4.69, 9.17) is 0 Å². The van der Waals surface area contributed by atoms with Gasteiger partial charge in [-0.25, -0.2) is 18.1 Å². The Hall–Kier alpha value is -1.86. The molecule has 0 saturated carbocycles. The third kappa shape index (κ3) is 9.45. The Kier molecular flexibility index (Phi) is 9.67. The summed E-state index contributed by atoms with van der Waals surface area (Å²) in [6.07, 6.45) is 8.52. The van der Waals surface area contributed by atoms with Crippen LogP contribution in [0.15, 0.2) is 40.9 Å². The summed E-state index contributed by atoms with van der Waals surface area (Å²) in [6.45, 7) is 7.95. The molecule has 0 saturated heterocycles. The van der Waals surface area contributed by atoms with Crippen molar-refractivity contribution in [3.05, 3.63) is 47.0 Å². The van der Waals surface area contributed by atoms with Gasteiger partial charge in [0.25, 0.3) is 0 Å². The molecule has 0 radical (unpaired) electrons. The monoisotopic (exact) mass is 420 g/mol. The highest BCUT2D eigenvalue weighted by atomic mass is 32.2. The average molecular weight is 421 g/mol. The van der Waals surface area contributed by atoms with Crippen molar-refractivity contribution in [3.63, 3.8) is 0 Å². The van der Waals surface area contributed by atoms with E-state index >= 15 is 0 Å². The van der Waals surface area contributed by atoms with Crippen LogP contribution in [0.3, 0.4) is 0 Å². The first kappa shape index (κ1) is 23.4. The second kappa shape index (κ2) is 12.0. The lowest BCUT2D eigenvalue weighted by Crippen LogP contribution is -2.37. The number of nitrogens with zero attached hydrogens (tertiary/aromatic N) is 1. The lowest BCUT2D eigenvalue weighted by Gasteiger charge is -2.15. The zero-order valence-electron chi connectivity index (χ0n) is 18.0. The number of rotatable bonds is 10. The quantitative estimate of drug-likeness (QED) is 0.308. The number of guanidine groups is 1. The van der Waals surface area contributed by atoms with Crippen molar-refractivity contribution in [1.82, 2.24) is 15.4 Å². The van der Waals surface area contributed by atoms with Crippen LogP contribution in [-0.4, -0.2) is 33.5 Å². The van der Waals surface area contributed by atoms with Crippen LogP contribution in [-0.2, 0) is 22.3 Å². The van der Waals surface area contributed by atoms with Crippen LogP contribution in [0.25, 0.3) is 0 Å². The van der Waals surface area contributed by atoms with E-state index in [0.717, 1.165) is 36.6 Å². The highest BCUT2D eigenvalue weighted by Crippen LogP contribution is 2.19. The third-order valence-corrected chi connectivity index (χ3v) is 6.23. The molecule has 1 aliphatic rings. The van der Waals surface area contributed by atoms with E-state index in [2.05, 4.69) is 33.3 Å². The number of benzene rings is 1. The number of allylic oxidation sites excluding steroid dienone is 1. The fourth-order valence-corrected chi connectivity index (χ4v) is 4.78. The Morgan fingerprint density at radius 3 is 2.45 bits per heavy atom. The fraction of sp³-hybridized carbons (Fsp3) is 0.591. The van der Waals surface area contributed by atoms with Crippen molar-refractivity contribution in [2.45, 2.75) is 71.2 Å². The number of sulfonamides is 1. The third-order valence-electron chi connectivity index (χ3n) is 4.68. The van der Waals surface area contributed by atoms with E-state index in [1.54, 1.807) is 5.57 Å². The maximum atomic E-state index is 12.0. The first-order chi connectivity index (χ1) is 13.9. The minimum Gasteiger partial charge on any atom is -0.357 e. The summed E-state index contributed by atoms with van der Waals surface area (Å²) in [5.74, 6) is 0.811. The maximum absolute atomic E-state index is 12.0. The van der Waals surface area contributed by atoms with Gasteiger partial charge in [-0.1, -0.05) is 35.9 Å². The molecule has 0 bridgehead atoms. The Bertz CT molecular complexity index is 784. The summed E-state index contributed by atoms with van der Waals surface area (Å²) in [5.41, 5.74) is 3.38. The van der Waals surface area contributed by atoms with Crippen molar-refractivity contribution in [1.29, 1.82) is 0 Å². The normalized spacial score (nSPS) is 15.3. The molecule has 0 atom stereocenters. The molecule has 0 fully saturated rings. The van der Waals surface area contributed by atoms with Crippen LogP contribution in [0.1, 0.15) is 64.0 Å². The minimum atomic E-state index is -3.30. The van der Waals surface area contributed by atoms with Gasteiger partial charge in [0.1, 0.15) is 0 Å². The average Bonchev–Trinajstić information content (AvgIpc) is 2.67. The molecule has 0 spiro atoms. The summed E-state index contributed by atoms with van der Waals surface area (Å²) >= 11 is 0. The summed E-state index contributed by atoms with van der Waals surface area (Å²) < 4.78 is 26.7. The number of aliphatic imine (C=N–C) groups is 1. The van der Waals surface area contributed by atoms with Crippen molar-refractivity contribution >= 4 is 16.0 Å². The van der Waals surface area contributed by atoms with Crippen LogP contribution in [0.5, 0.6) is 0 Å². The molecule has 1 aromatic rings. The van der Waals surface area contributed by atoms with Crippen molar-refractivity contribution in [3.8, 4) is 0 Å². The van der Waals surface area contributed by atoms with Gasteiger partial charge in [-0.2, -0.15) is 0 Å². The molecule has 1 aliphatic carbocycles. The van der Waals surface area contributed by atoms with Crippen molar-refractivity contribution in [2.24, 2.45) is 4.99 Å². The topological polar surface area (TPSA) is 82.6 Å². The molecule has 7 heteroatoms. The van der Waals surface area contributed by atoms with E-state index in [1.807, 2.05) is 38.1 Å². The molecule has 0 aliphatic heterocycles. The zero-order valence-corrected chi connectivity index (χ0v) is 18.8. The molecule has 1 aromatic carbocycles. The Morgan fingerprint density at radius 1 is 1.10 bits per heavy atom. The van der Waals surface area contributed by atoms with Crippen LogP contribution in [0, 0.1) is 0 Å². The largest absolute Gasteiger partial charge is 0.357 e. The summed E-state index contributed by atoms with van der Waals surface area (Å²) in [6, 6.07) is 7.51. The molecule has 0 unspecified atom stereocenters. The molecule has 2 rings (SSSR count). The standard InChI is InChI=1S/C22H36N4O2S/c1-4-23-22(24-15-14-19-8-6-5-7-9-19)25-16-20-10-12-21(13-11-20)17-29(27,28)26-18(2)3/h8,10-13,18,26H,4-7,9,14-17H2,1-3H3,(H2,23,24,25). The van der Waals surface area contributed by atoms with Crippen molar-refractivity contribution < 1.29 is 8.42 Å². The van der Waals surface area contributed by atoms with E-state index in [0.29, 0.717) is 6.54 Å². The van der Waals surface area contributed by atoms with E-state index in [-0.39, 0.29) is 11.8 Å². The van der Waals surface area contributed by atoms with Gasteiger partial charge in [-0.05, 0) is 64.0 Å².